The lowest BCUT2D eigenvalue weighted by Crippen LogP contribution is -2.31. The standard InChI is InChI=1S/C9H14O2/c1-6-4-3-5-8(7(2)10)9(6)11/h6,8H,3-5H2,1-2H3. The zero-order chi connectivity index (χ0) is 8.43. The molecule has 0 aliphatic heterocycles. The minimum atomic E-state index is -0.279. The molecule has 62 valence electrons. The molecule has 1 saturated carbocycles. The first-order valence-corrected chi connectivity index (χ1v) is 4.17. The molecule has 2 unspecified atom stereocenters. The van der Waals surface area contributed by atoms with Gasteiger partial charge in [0.05, 0.1) is 5.92 Å². The molecule has 0 bridgehead atoms. The highest BCUT2D eigenvalue weighted by Gasteiger charge is 2.30. The van der Waals surface area contributed by atoms with Gasteiger partial charge in [0.25, 0.3) is 0 Å². The smallest absolute Gasteiger partial charge is 0.146 e. The van der Waals surface area contributed by atoms with Crippen molar-refractivity contribution >= 4 is 11.6 Å². The number of carbonyl (C=O) groups excluding carboxylic acids is 2. The van der Waals surface area contributed by atoms with E-state index in [0.29, 0.717) is 0 Å². The van der Waals surface area contributed by atoms with E-state index in [4.69, 9.17) is 0 Å². The number of Topliss-reactive ketones (excluding diaryl/α,β-unsaturated/α-hetero) is 2. The Morgan fingerprint density at radius 3 is 2.55 bits per heavy atom. The zero-order valence-electron chi connectivity index (χ0n) is 7.09. The molecule has 2 nitrogen and oxygen atoms in total. The maximum absolute atomic E-state index is 11.3. The molecule has 0 spiro atoms. The predicted octanol–water partition coefficient (Wildman–Crippen LogP) is 1.58. The van der Waals surface area contributed by atoms with Gasteiger partial charge in [-0.05, 0) is 19.8 Å². The second kappa shape index (κ2) is 3.16. The second-order valence-electron chi connectivity index (χ2n) is 3.40. The number of hydrogen-bond acceptors (Lipinski definition) is 2. The molecule has 2 heteroatoms. The van der Waals surface area contributed by atoms with Crippen molar-refractivity contribution in [3.63, 3.8) is 0 Å². The maximum Gasteiger partial charge on any atom is 0.146 e. The van der Waals surface area contributed by atoms with Crippen LogP contribution in [0.2, 0.25) is 0 Å². The van der Waals surface area contributed by atoms with Crippen LogP contribution in [0.4, 0.5) is 0 Å². The molecular formula is C9H14O2. The average Bonchev–Trinajstić information content (AvgIpc) is 1.94. The molecule has 1 aliphatic carbocycles. The first kappa shape index (κ1) is 8.44. The second-order valence-corrected chi connectivity index (χ2v) is 3.40. The van der Waals surface area contributed by atoms with Crippen molar-refractivity contribution in [3.05, 3.63) is 0 Å². The van der Waals surface area contributed by atoms with E-state index in [9.17, 15) is 9.59 Å². The van der Waals surface area contributed by atoms with Gasteiger partial charge in [-0.3, -0.25) is 9.59 Å². The SMILES string of the molecule is CC(=O)C1CCCC(C)C1=O. The summed E-state index contributed by atoms with van der Waals surface area (Å²) in [6, 6.07) is 0. The molecule has 0 aromatic carbocycles. The normalized spacial score (nSPS) is 32.0. The Morgan fingerprint density at radius 1 is 1.45 bits per heavy atom. The Bertz CT molecular complexity index is 184. The van der Waals surface area contributed by atoms with Crippen LogP contribution in [-0.4, -0.2) is 11.6 Å². The summed E-state index contributed by atoms with van der Waals surface area (Å²) in [5, 5.41) is 0. The maximum atomic E-state index is 11.3. The minimum absolute atomic E-state index is 0.0431. The third-order valence-corrected chi connectivity index (χ3v) is 2.45. The van der Waals surface area contributed by atoms with Crippen LogP contribution in [0.15, 0.2) is 0 Å². The molecule has 0 saturated heterocycles. The highest BCUT2D eigenvalue weighted by atomic mass is 16.1. The van der Waals surface area contributed by atoms with E-state index in [2.05, 4.69) is 0 Å². The fraction of sp³-hybridized carbons (Fsp3) is 0.778. The quantitative estimate of drug-likeness (QED) is 0.537. The van der Waals surface area contributed by atoms with Crippen molar-refractivity contribution in [3.8, 4) is 0 Å². The van der Waals surface area contributed by atoms with Gasteiger partial charge in [0.2, 0.25) is 0 Å². The Labute approximate surface area is 67.0 Å². The van der Waals surface area contributed by atoms with E-state index in [0.717, 1.165) is 19.3 Å². The Balaban J connectivity index is 2.66. The summed E-state index contributed by atoms with van der Waals surface area (Å²) in [4.78, 5) is 22.3. The molecule has 0 N–H and O–H groups in total. The summed E-state index contributed by atoms with van der Waals surface area (Å²) >= 11 is 0. The van der Waals surface area contributed by atoms with Crippen LogP contribution in [0.25, 0.3) is 0 Å². The van der Waals surface area contributed by atoms with Crippen molar-refractivity contribution in [1.82, 2.24) is 0 Å². The number of rotatable bonds is 1. The van der Waals surface area contributed by atoms with Crippen LogP contribution >= 0.6 is 0 Å². The van der Waals surface area contributed by atoms with Gasteiger partial charge in [-0.15, -0.1) is 0 Å². The molecule has 2 atom stereocenters. The van der Waals surface area contributed by atoms with Crippen molar-refractivity contribution in [2.24, 2.45) is 11.8 Å². The molecular weight excluding hydrogens is 140 g/mol. The van der Waals surface area contributed by atoms with Crippen LogP contribution in [0.1, 0.15) is 33.1 Å². The number of carbonyl (C=O) groups is 2. The third-order valence-electron chi connectivity index (χ3n) is 2.45. The van der Waals surface area contributed by atoms with Gasteiger partial charge in [0, 0.05) is 5.92 Å². The number of hydrogen-bond donors (Lipinski definition) is 0. The van der Waals surface area contributed by atoms with Gasteiger partial charge in [-0.25, -0.2) is 0 Å². The fourth-order valence-corrected chi connectivity index (χ4v) is 1.66. The highest BCUT2D eigenvalue weighted by molar-refractivity contribution is 6.02. The van der Waals surface area contributed by atoms with Crippen molar-refractivity contribution < 1.29 is 9.59 Å². The van der Waals surface area contributed by atoms with Crippen LogP contribution < -0.4 is 0 Å². The summed E-state index contributed by atoms with van der Waals surface area (Å²) in [5.74, 6) is 0.0294. The summed E-state index contributed by atoms with van der Waals surface area (Å²) in [7, 11) is 0. The lowest BCUT2D eigenvalue weighted by Gasteiger charge is -2.22. The van der Waals surface area contributed by atoms with Crippen LogP contribution in [0, 0.1) is 11.8 Å². The van der Waals surface area contributed by atoms with E-state index in [1.165, 1.54) is 6.92 Å². The van der Waals surface area contributed by atoms with Gasteiger partial charge in [0.1, 0.15) is 11.6 Å². The van der Waals surface area contributed by atoms with Gasteiger partial charge in [0.15, 0.2) is 0 Å². The topological polar surface area (TPSA) is 34.1 Å². The van der Waals surface area contributed by atoms with Crippen molar-refractivity contribution in [2.75, 3.05) is 0 Å². The van der Waals surface area contributed by atoms with E-state index < -0.39 is 0 Å². The van der Waals surface area contributed by atoms with Gasteiger partial charge in [-0.1, -0.05) is 13.3 Å². The number of ketones is 2. The fourth-order valence-electron chi connectivity index (χ4n) is 1.66. The van der Waals surface area contributed by atoms with Crippen molar-refractivity contribution in [1.29, 1.82) is 0 Å². The Morgan fingerprint density at radius 2 is 2.09 bits per heavy atom. The van der Waals surface area contributed by atoms with E-state index in [-0.39, 0.29) is 23.4 Å². The summed E-state index contributed by atoms with van der Waals surface area (Å²) in [6.07, 6.45) is 2.76. The minimum Gasteiger partial charge on any atom is -0.299 e. The molecule has 1 rings (SSSR count). The molecule has 0 aromatic heterocycles. The largest absolute Gasteiger partial charge is 0.299 e. The molecule has 0 radical (unpaired) electrons. The first-order valence-electron chi connectivity index (χ1n) is 4.17. The lowest BCUT2D eigenvalue weighted by atomic mass is 9.79. The lowest BCUT2D eigenvalue weighted by molar-refractivity contribution is -0.135. The predicted molar refractivity (Wildman–Crippen MR) is 42.2 cm³/mol. The Hall–Kier alpha value is -0.660. The Kier molecular flexibility index (Phi) is 2.42. The molecule has 1 aliphatic rings. The summed E-state index contributed by atoms with van der Waals surface area (Å²) < 4.78 is 0. The van der Waals surface area contributed by atoms with Crippen LogP contribution in [0.5, 0.6) is 0 Å². The highest BCUT2D eigenvalue weighted by Crippen LogP contribution is 2.25. The van der Waals surface area contributed by atoms with E-state index in [1.807, 2.05) is 6.92 Å². The van der Waals surface area contributed by atoms with Crippen molar-refractivity contribution in [2.45, 2.75) is 33.1 Å². The third kappa shape index (κ3) is 1.67. The average molecular weight is 154 g/mol. The molecule has 0 amide bonds. The van der Waals surface area contributed by atoms with Gasteiger partial charge < -0.3 is 0 Å². The van der Waals surface area contributed by atoms with E-state index >= 15 is 0 Å². The molecule has 0 heterocycles. The monoisotopic (exact) mass is 154 g/mol. The zero-order valence-corrected chi connectivity index (χ0v) is 7.09. The molecule has 11 heavy (non-hydrogen) atoms. The van der Waals surface area contributed by atoms with Gasteiger partial charge in [-0.2, -0.15) is 0 Å². The van der Waals surface area contributed by atoms with Crippen LogP contribution in [0.3, 0.4) is 0 Å². The summed E-state index contributed by atoms with van der Waals surface area (Å²) in [5.41, 5.74) is 0. The molecule has 1 fully saturated rings. The van der Waals surface area contributed by atoms with E-state index in [1.54, 1.807) is 0 Å². The molecule has 0 aromatic rings. The van der Waals surface area contributed by atoms with Gasteiger partial charge >= 0.3 is 0 Å². The first-order chi connectivity index (χ1) is 5.13. The van der Waals surface area contributed by atoms with Crippen LogP contribution in [-0.2, 0) is 9.59 Å². The summed E-state index contributed by atoms with van der Waals surface area (Å²) in [6.45, 7) is 3.43.